The first-order valence-corrected chi connectivity index (χ1v) is 6.22. The number of hydrogen-bond acceptors (Lipinski definition) is 3. The van der Waals surface area contributed by atoms with Crippen molar-refractivity contribution in [2.45, 2.75) is 40.3 Å². The maximum Gasteiger partial charge on any atom is 0.139 e. The van der Waals surface area contributed by atoms with Gasteiger partial charge in [-0.3, -0.25) is 9.69 Å². The van der Waals surface area contributed by atoms with Gasteiger partial charge in [0.05, 0.1) is 6.54 Å². The van der Waals surface area contributed by atoms with Gasteiger partial charge in [-0.25, -0.2) is 4.98 Å². The average Bonchev–Trinajstić information content (AvgIpc) is 2.71. The van der Waals surface area contributed by atoms with E-state index in [9.17, 15) is 4.79 Å². The van der Waals surface area contributed by atoms with E-state index in [1.807, 2.05) is 33.2 Å². The van der Waals surface area contributed by atoms with Crippen LogP contribution in [0.1, 0.15) is 33.0 Å². The number of fused-ring (bicyclic) bond motifs is 1. The van der Waals surface area contributed by atoms with Gasteiger partial charge in [0.25, 0.3) is 0 Å². The van der Waals surface area contributed by atoms with Gasteiger partial charge in [-0.2, -0.15) is 0 Å². The van der Waals surface area contributed by atoms with Gasteiger partial charge >= 0.3 is 0 Å². The summed E-state index contributed by atoms with van der Waals surface area (Å²) in [4.78, 5) is 18.5. The van der Waals surface area contributed by atoms with E-state index in [2.05, 4.69) is 14.5 Å². The molecule has 0 atom stereocenters. The average molecular weight is 235 g/mol. The van der Waals surface area contributed by atoms with Gasteiger partial charge in [-0.05, 0) is 0 Å². The number of imidazole rings is 1. The van der Waals surface area contributed by atoms with Crippen molar-refractivity contribution in [1.29, 1.82) is 0 Å². The number of carbonyl (C=O) groups is 1. The molecule has 0 spiro atoms. The maximum atomic E-state index is 11.9. The molecule has 0 aliphatic carbocycles. The Morgan fingerprint density at radius 3 is 2.88 bits per heavy atom. The first kappa shape index (κ1) is 12.3. The molecule has 0 amide bonds. The van der Waals surface area contributed by atoms with Crippen molar-refractivity contribution < 1.29 is 4.79 Å². The smallest absolute Gasteiger partial charge is 0.139 e. The Morgan fingerprint density at radius 1 is 1.41 bits per heavy atom. The highest BCUT2D eigenvalue weighted by atomic mass is 16.1. The van der Waals surface area contributed by atoms with Crippen LogP contribution < -0.4 is 0 Å². The molecular weight excluding hydrogens is 214 g/mol. The lowest BCUT2D eigenvalue weighted by Gasteiger charge is -2.28. The van der Waals surface area contributed by atoms with Crippen molar-refractivity contribution >= 4 is 5.78 Å². The molecule has 0 unspecified atom stereocenters. The SMILES string of the molecule is CC(C)(C)C(=O)CCN1CCn2ccnc2C1. The molecule has 4 nitrogen and oxygen atoms in total. The zero-order valence-corrected chi connectivity index (χ0v) is 10.9. The molecule has 2 heterocycles. The van der Waals surface area contributed by atoms with E-state index in [1.54, 1.807) is 0 Å². The third kappa shape index (κ3) is 2.94. The second-order valence-electron chi connectivity index (χ2n) is 5.74. The Labute approximate surface area is 103 Å². The Hall–Kier alpha value is -1.16. The van der Waals surface area contributed by atoms with E-state index < -0.39 is 0 Å². The summed E-state index contributed by atoms with van der Waals surface area (Å²) >= 11 is 0. The molecule has 0 bridgehead atoms. The third-order valence-corrected chi connectivity index (χ3v) is 3.32. The number of carbonyl (C=O) groups excluding carboxylic acids is 1. The minimum Gasteiger partial charge on any atom is -0.333 e. The van der Waals surface area contributed by atoms with Crippen molar-refractivity contribution in [3.63, 3.8) is 0 Å². The first-order chi connectivity index (χ1) is 7.97. The van der Waals surface area contributed by atoms with Crippen molar-refractivity contribution in [3.8, 4) is 0 Å². The van der Waals surface area contributed by atoms with Crippen molar-refractivity contribution in [2.75, 3.05) is 13.1 Å². The summed E-state index contributed by atoms with van der Waals surface area (Å²) < 4.78 is 2.18. The van der Waals surface area contributed by atoms with E-state index in [1.165, 1.54) is 0 Å². The van der Waals surface area contributed by atoms with Gasteiger partial charge < -0.3 is 4.57 Å². The van der Waals surface area contributed by atoms with Gasteiger partial charge in [0.15, 0.2) is 0 Å². The molecule has 1 aromatic rings. The third-order valence-electron chi connectivity index (χ3n) is 3.32. The molecule has 0 N–H and O–H groups in total. The molecule has 0 saturated heterocycles. The maximum absolute atomic E-state index is 11.9. The van der Waals surface area contributed by atoms with Crippen LogP contribution in [0.3, 0.4) is 0 Å². The molecular formula is C13H21N3O. The fourth-order valence-corrected chi connectivity index (χ4v) is 2.05. The van der Waals surface area contributed by atoms with Crippen molar-refractivity contribution in [3.05, 3.63) is 18.2 Å². The predicted octanol–water partition coefficient (Wildman–Crippen LogP) is 1.70. The van der Waals surface area contributed by atoms with Crippen LogP contribution in [0.15, 0.2) is 12.4 Å². The number of rotatable bonds is 3. The summed E-state index contributed by atoms with van der Waals surface area (Å²) in [5, 5.41) is 0. The van der Waals surface area contributed by atoms with E-state index in [4.69, 9.17) is 0 Å². The van der Waals surface area contributed by atoms with Gasteiger partial charge in [-0.15, -0.1) is 0 Å². The summed E-state index contributed by atoms with van der Waals surface area (Å²) in [5.74, 6) is 1.45. The van der Waals surface area contributed by atoms with Crippen LogP contribution in [0.5, 0.6) is 0 Å². The minimum atomic E-state index is -0.214. The number of ketones is 1. The molecule has 1 aliphatic rings. The highest BCUT2D eigenvalue weighted by Crippen LogP contribution is 2.18. The van der Waals surface area contributed by atoms with E-state index in [-0.39, 0.29) is 5.41 Å². The molecule has 0 saturated carbocycles. The monoisotopic (exact) mass is 235 g/mol. The molecule has 0 radical (unpaired) electrons. The number of hydrogen-bond donors (Lipinski definition) is 0. The lowest BCUT2D eigenvalue weighted by atomic mass is 9.89. The van der Waals surface area contributed by atoms with E-state index >= 15 is 0 Å². The Morgan fingerprint density at radius 2 is 2.18 bits per heavy atom. The van der Waals surface area contributed by atoms with Crippen LogP contribution in [0.2, 0.25) is 0 Å². The quantitative estimate of drug-likeness (QED) is 0.800. The summed E-state index contributed by atoms with van der Waals surface area (Å²) in [6.45, 7) is 9.67. The Bertz CT molecular complexity index is 403. The van der Waals surface area contributed by atoms with Gasteiger partial charge in [0.1, 0.15) is 11.6 Å². The zero-order valence-electron chi connectivity index (χ0n) is 10.9. The van der Waals surface area contributed by atoms with Gasteiger partial charge in [-0.1, -0.05) is 20.8 Å². The van der Waals surface area contributed by atoms with Gasteiger partial charge in [0, 0.05) is 43.9 Å². The second kappa shape index (κ2) is 4.61. The molecule has 2 rings (SSSR count). The molecule has 1 aromatic heterocycles. The molecule has 17 heavy (non-hydrogen) atoms. The Kier molecular flexibility index (Phi) is 3.33. The summed E-state index contributed by atoms with van der Waals surface area (Å²) in [6, 6.07) is 0. The fourth-order valence-electron chi connectivity index (χ4n) is 2.05. The second-order valence-corrected chi connectivity index (χ2v) is 5.74. The van der Waals surface area contributed by atoms with Crippen LogP contribution in [-0.4, -0.2) is 33.3 Å². The molecule has 0 aromatic carbocycles. The molecule has 94 valence electrons. The lowest BCUT2D eigenvalue weighted by molar-refractivity contribution is -0.126. The Balaban J connectivity index is 1.85. The largest absolute Gasteiger partial charge is 0.333 e. The normalized spacial score (nSPS) is 16.9. The molecule has 1 aliphatic heterocycles. The number of Topliss-reactive ketones (excluding diaryl/α,β-unsaturated/α-hetero) is 1. The summed E-state index contributed by atoms with van der Waals surface area (Å²) in [5.41, 5.74) is -0.214. The highest BCUT2D eigenvalue weighted by Gasteiger charge is 2.23. The van der Waals surface area contributed by atoms with Crippen LogP contribution >= 0.6 is 0 Å². The molecule has 0 fully saturated rings. The summed E-state index contributed by atoms with van der Waals surface area (Å²) in [6.07, 6.45) is 4.51. The predicted molar refractivity (Wildman–Crippen MR) is 66.6 cm³/mol. The van der Waals surface area contributed by atoms with Crippen LogP contribution in [0.25, 0.3) is 0 Å². The van der Waals surface area contributed by atoms with Gasteiger partial charge in [0.2, 0.25) is 0 Å². The number of aromatic nitrogens is 2. The summed E-state index contributed by atoms with van der Waals surface area (Å²) in [7, 11) is 0. The molecule has 4 heteroatoms. The van der Waals surface area contributed by atoms with E-state index in [0.29, 0.717) is 12.2 Å². The minimum absolute atomic E-state index is 0.214. The lowest BCUT2D eigenvalue weighted by Crippen LogP contribution is -2.36. The zero-order chi connectivity index (χ0) is 12.5. The first-order valence-electron chi connectivity index (χ1n) is 6.22. The fraction of sp³-hybridized carbons (Fsp3) is 0.692. The van der Waals surface area contributed by atoms with Crippen LogP contribution in [0.4, 0.5) is 0 Å². The van der Waals surface area contributed by atoms with Crippen molar-refractivity contribution in [1.82, 2.24) is 14.5 Å². The number of nitrogens with zero attached hydrogens (tertiary/aromatic N) is 3. The highest BCUT2D eigenvalue weighted by molar-refractivity contribution is 5.83. The topological polar surface area (TPSA) is 38.1 Å². The van der Waals surface area contributed by atoms with E-state index in [0.717, 1.165) is 32.0 Å². The van der Waals surface area contributed by atoms with Crippen LogP contribution in [0, 0.1) is 5.41 Å². The standard InChI is InChI=1S/C13H21N3O/c1-13(2,3)11(17)4-6-15-8-9-16-7-5-14-12(16)10-15/h5,7H,4,6,8-10H2,1-3H3. The van der Waals surface area contributed by atoms with Crippen LogP contribution in [-0.2, 0) is 17.9 Å². The van der Waals surface area contributed by atoms with Crippen molar-refractivity contribution in [2.24, 2.45) is 5.41 Å².